The van der Waals surface area contributed by atoms with Gasteiger partial charge in [0.2, 0.25) is 0 Å². The molecule has 0 aromatic heterocycles. The van der Waals surface area contributed by atoms with Crippen LogP contribution in [0.4, 0.5) is 0 Å². The molecular formula is C16H32S10. The molecule has 4 atom stereocenters. The molecule has 0 saturated carbocycles. The monoisotopic (exact) mass is 544 g/mol. The van der Waals surface area contributed by atoms with Crippen molar-refractivity contribution in [1.29, 1.82) is 0 Å². The molecule has 2 aliphatic heterocycles. The highest BCUT2D eigenvalue weighted by atomic mass is 32.2. The van der Waals surface area contributed by atoms with E-state index in [0.717, 1.165) is 44.0 Å². The van der Waals surface area contributed by atoms with E-state index < -0.39 is 0 Å². The Balaban J connectivity index is 0.000000289. The Kier molecular flexibility index (Phi) is 20.3. The van der Waals surface area contributed by atoms with Crippen LogP contribution in [0.5, 0.6) is 0 Å². The first kappa shape index (κ1) is 27.5. The highest BCUT2D eigenvalue weighted by molar-refractivity contribution is 8.09. The maximum absolute atomic E-state index is 4.27. The summed E-state index contributed by atoms with van der Waals surface area (Å²) in [6.07, 6.45) is 0. The zero-order valence-electron chi connectivity index (χ0n) is 15.0. The number of thiol groups is 4. The molecule has 2 aliphatic rings. The van der Waals surface area contributed by atoms with Gasteiger partial charge in [0.15, 0.2) is 0 Å². The predicted molar refractivity (Wildman–Crippen MR) is 155 cm³/mol. The first-order chi connectivity index (χ1) is 12.7. The molecule has 0 aromatic rings. The number of thioether (sulfide) groups is 6. The van der Waals surface area contributed by atoms with Crippen LogP contribution >= 0.6 is 121 Å². The minimum atomic E-state index is 0.782. The first-order valence-corrected chi connectivity index (χ1v) is 17.8. The molecule has 0 aromatic carbocycles. The fourth-order valence-corrected chi connectivity index (χ4v) is 12.3. The molecule has 0 spiro atoms. The molecule has 2 rings (SSSR count). The Labute approximate surface area is 209 Å². The molecule has 0 N–H and O–H groups in total. The lowest BCUT2D eigenvalue weighted by Gasteiger charge is -2.27. The topological polar surface area (TPSA) is 0 Å². The molecule has 0 nitrogen and oxygen atoms in total. The normalized spacial score (nSPS) is 29.1. The standard InChI is InChI=1S/C10H20S6.C6H12S4/c11-1-3-13-5-9-7-16-10(8-15-9)6-14-4-2-12;7-1-5-3-10-6(2-8)4-9-5/h9-12H,1-8H2;5-8H,1-4H2. The smallest absolute Gasteiger partial charge is 0.0229 e. The minimum Gasteiger partial charge on any atom is -0.179 e. The SMILES string of the molecule is SCC1CSC(CS)CS1.SCCSCC1CSC(CSCCS)CS1. The van der Waals surface area contributed by atoms with Gasteiger partial charge < -0.3 is 0 Å². The van der Waals surface area contributed by atoms with E-state index in [0.29, 0.717) is 0 Å². The third-order valence-electron chi connectivity index (χ3n) is 3.56. The van der Waals surface area contributed by atoms with Crippen molar-refractivity contribution in [2.75, 3.05) is 69.0 Å². The lowest BCUT2D eigenvalue weighted by atomic mass is 10.5. The molecule has 0 amide bonds. The van der Waals surface area contributed by atoms with Crippen LogP contribution in [0, 0.1) is 0 Å². The zero-order valence-corrected chi connectivity index (χ0v) is 23.5. The summed E-state index contributed by atoms with van der Waals surface area (Å²) in [6, 6.07) is 0. The van der Waals surface area contributed by atoms with Crippen molar-refractivity contribution in [2.24, 2.45) is 0 Å². The lowest BCUT2D eigenvalue weighted by Crippen LogP contribution is -2.25. The third-order valence-corrected chi connectivity index (χ3v) is 15.1. The molecule has 156 valence electrons. The summed E-state index contributed by atoms with van der Waals surface area (Å²) in [5.41, 5.74) is 0. The van der Waals surface area contributed by atoms with Gasteiger partial charge >= 0.3 is 0 Å². The van der Waals surface area contributed by atoms with Gasteiger partial charge in [0.25, 0.3) is 0 Å². The molecule has 0 aliphatic carbocycles. The number of rotatable bonds is 10. The van der Waals surface area contributed by atoms with Gasteiger partial charge in [-0.25, -0.2) is 0 Å². The molecule has 2 saturated heterocycles. The van der Waals surface area contributed by atoms with Gasteiger partial charge in [0.1, 0.15) is 0 Å². The van der Waals surface area contributed by atoms with Crippen molar-refractivity contribution >= 4 is 121 Å². The Hall–Kier alpha value is 3.50. The molecule has 10 heteroatoms. The number of hydrogen-bond donors (Lipinski definition) is 4. The summed E-state index contributed by atoms with van der Waals surface area (Å²) in [4.78, 5) is 0. The summed E-state index contributed by atoms with van der Waals surface area (Å²) in [6.45, 7) is 0. The maximum Gasteiger partial charge on any atom is 0.0229 e. The summed E-state index contributed by atoms with van der Waals surface area (Å²) < 4.78 is 0. The first-order valence-electron chi connectivity index (χ1n) is 8.78. The predicted octanol–water partition coefficient (Wildman–Crippen LogP) is 5.59. The second-order valence-electron chi connectivity index (χ2n) is 5.78. The van der Waals surface area contributed by atoms with E-state index in [1.54, 1.807) is 0 Å². The Morgan fingerprint density at radius 3 is 1.19 bits per heavy atom. The van der Waals surface area contributed by atoms with Gasteiger partial charge in [-0.05, 0) is 11.5 Å². The van der Waals surface area contributed by atoms with Crippen LogP contribution in [-0.2, 0) is 0 Å². The molecular weight excluding hydrogens is 513 g/mol. The summed E-state index contributed by atoms with van der Waals surface area (Å²) in [5.74, 6) is 14.3. The summed E-state index contributed by atoms with van der Waals surface area (Å²) >= 11 is 29.6. The van der Waals surface area contributed by atoms with Crippen molar-refractivity contribution in [3.8, 4) is 0 Å². The fraction of sp³-hybridized carbons (Fsp3) is 1.00. The van der Waals surface area contributed by atoms with E-state index >= 15 is 0 Å². The van der Waals surface area contributed by atoms with E-state index in [4.69, 9.17) is 0 Å². The molecule has 2 heterocycles. The van der Waals surface area contributed by atoms with E-state index in [2.05, 4.69) is 97.6 Å². The van der Waals surface area contributed by atoms with Crippen LogP contribution < -0.4 is 0 Å². The third kappa shape index (κ3) is 13.7. The quantitative estimate of drug-likeness (QED) is 0.207. The maximum atomic E-state index is 4.27. The van der Waals surface area contributed by atoms with Crippen molar-refractivity contribution in [2.45, 2.75) is 21.0 Å². The Morgan fingerprint density at radius 1 is 0.577 bits per heavy atom. The van der Waals surface area contributed by atoms with E-state index in [9.17, 15) is 0 Å². The second kappa shape index (κ2) is 19.2. The van der Waals surface area contributed by atoms with Crippen LogP contribution in [0.3, 0.4) is 0 Å². The van der Waals surface area contributed by atoms with Crippen LogP contribution in [-0.4, -0.2) is 90.0 Å². The number of hydrogen-bond acceptors (Lipinski definition) is 10. The van der Waals surface area contributed by atoms with Crippen molar-refractivity contribution in [3.05, 3.63) is 0 Å². The van der Waals surface area contributed by atoms with Gasteiger partial charge in [0, 0.05) is 78.5 Å². The molecule has 4 unspecified atom stereocenters. The summed E-state index contributed by atoms with van der Waals surface area (Å²) in [7, 11) is 0. The highest BCUT2D eigenvalue weighted by Gasteiger charge is 2.22. The van der Waals surface area contributed by atoms with E-state index in [1.165, 1.54) is 46.0 Å². The van der Waals surface area contributed by atoms with Crippen molar-refractivity contribution < 1.29 is 0 Å². The van der Waals surface area contributed by atoms with Crippen molar-refractivity contribution in [1.82, 2.24) is 0 Å². The van der Waals surface area contributed by atoms with Crippen LogP contribution in [0.25, 0.3) is 0 Å². The molecule has 2 fully saturated rings. The summed E-state index contributed by atoms with van der Waals surface area (Å²) in [5, 5.41) is 3.32. The second-order valence-corrected chi connectivity index (χ2v) is 15.0. The molecule has 0 bridgehead atoms. The van der Waals surface area contributed by atoms with Gasteiger partial charge in [-0.2, -0.15) is 121 Å². The van der Waals surface area contributed by atoms with Gasteiger partial charge in [-0.3, -0.25) is 0 Å². The molecule has 26 heavy (non-hydrogen) atoms. The largest absolute Gasteiger partial charge is 0.179 e. The highest BCUT2D eigenvalue weighted by Crippen LogP contribution is 2.33. The minimum absolute atomic E-state index is 0.782. The van der Waals surface area contributed by atoms with Crippen LogP contribution in [0.1, 0.15) is 0 Å². The lowest BCUT2D eigenvalue weighted by molar-refractivity contribution is 1.06. The fourth-order valence-electron chi connectivity index (χ4n) is 2.13. The van der Waals surface area contributed by atoms with Crippen LogP contribution in [0.15, 0.2) is 0 Å². The van der Waals surface area contributed by atoms with E-state index in [-0.39, 0.29) is 0 Å². The van der Waals surface area contributed by atoms with Gasteiger partial charge in [-0.1, -0.05) is 0 Å². The average Bonchev–Trinajstić information content (AvgIpc) is 2.70. The Morgan fingerprint density at radius 2 is 0.923 bits per heavy atom. The Bertz CT molecular complexity index is 273. The zero-order chi connectivity index (χ0) is 19.0. The van der Waals surface area contributed by atoms with Gasteiger partial charge in [0.05, 0.1) is 0 Å². The van der Waals surface area contributed by atoms with Crippen molar-refractivity contribution in [3.63, 3.8) is 0 Å². The van der Waals surface area contributed by atoms with Crippen LogP contribution in [0.2, 0.25) is 0 Å². The van der Waals surface area contributed by atoms with Gasteiger partial charge in [-0.15, -0.1) is 0 Å². The average molecular weight is 545 g/mol. The molecule has 0 radical (unpaired) electrons. The van der Waals surface area contributed by atoms with E-state index in [1.807, 2.05) is 23.5 Å².